The Bertz CT molecular complexity index is 1320. The van der Waals surface area contributed by atoms with Gasteiger partial charge < -0.3 is 0 Å². The van der Waals surface area contributed by atoms with E-state index in [1.54, 1.807) is 40.4 Å². The number of hydrogen-bond acceptors (Lipinski definition) is 3. The Hall–Kier alpha value is -3.16. The van der Waals surface area contributed by atoms with E-state index in [0.29, 0.717) is 29.4 Å². The summed E-state index contributed by atoms with van der Waals surface area (Å²) < 4.78 is 20.3. The number of nitrogens with zero attached hydrogens (tertiary/aromatic N) is 5. The van der Waals surface area contributed by atoms with Crippen LogP contribution in [0.25, 0.3) is 22.6 Å². The number of aryl methyl sites for hydroxylation is 2. The molecule has 146 valence electrons. The van der Waals surface area contributed by atoms with Gasteiger partial charge in [-0.15, -0.1) is 0 Å². The summed E-state index contributed by atoms with van der Waals surface area (Å²) in [5.41, 5.74) is 0.909. The van der Waals surface area contributed by atoms with Gasteiger partial charge in [-0.3, -0.25) is 22.9 Å². The van der Waals surface area contributed by atoms with Crippen LogP contribution in [0.5, 0.6) is 0 Å². The van der Waals surface area contributed by atoms with Crippen molar-refractivity contribution in [1.29, 1.82) is 0 Å². The minimum absolute atomic E-state index is 0.288. The van der Waals surface area contributed by atoms with E-state index in [9.17, 15) is 14.0 Å². The molecule has 0 unspecified atom stereocenters. The molecule has 0 atom stereocenters. The number of fused-ring (bicyclic) bond motifs is 3. The van der Waals surface area contributed by atoms with E-state index in [1.807, 2.05) is 20.8 Å². The van der Waals surface area contributed by atoms with Crippen molar-refractivity contribution in [2.75, 3.05) is 0 Å². The fraction of sp³-hybridized carbons (Fsp3) is 0.350. The van der Waals surface area contributed by atoms with E-state index in [0.717, 1.165) is 12.1 Å². The third kappa shape index (κ3) is 2.59. The molecule has 4 rings (SSSR count). The summed E-state index contributed by atoms with van der Waals surface area (Å²) in [6.07, 6.45) is 2.47. The van der Waals surface area contributed by atoms with Gasteiger partial charge in [0.1, 0.15) is 5.82 Å². The highest BCUT2D eigenvalue weighted by atomic mass is 19.1. The Morgan fingerprint density at radius 1 is 1.18 bits per heavy atom. The van der Waals surface area contributed by atoms with Crippen molar-refractivity contribution in [3.63, 3.8) is 0 Å². The molecule has 1 aromatic carbocycles. The van der Waals surface area contributed by atoms with E-state index in [4.69, 9.17) is 0 Å². The van der Waals surface area contributed by atoms with Gasteiger partial charge in [-0.2, -0.15) is 4.98 Å². The van der Waals surface area contributed by atoms with Crippen LogP contribution in [0.1, 0.15) is 26.0 Å². The Kier molecular flexibility index (Phi) is 4.21. The molecule has 0 aliphatic carbocycles. The fourth-order valence-corrected chi connectivity index (χ4v) is 3.53. The average Bonchev–Trinajstić information content (AvgIpc) is 3.15. The third-order valence-corrected chi connectivity index (χ3v) is 5.05. The molecule has 0 fully saturated rings. The number of rotatable bonds is 4. The van der Waals surface area contributed by atoms with Crippen molar-refractivity contribution in [3.05, 3.63) is 62.8 Å². The topological polar surface area (TPSA) is 66.2 Å². The molecule has 0 amide bonds. The van der Waals surface area contributed by atoms with Crippen molar-refractivity contribution in [2.45, 2.75) is 33.7 Å². The fourth-order valence-electron chi connectivity index (χ4n) is 3.53. The van der Waals surface area contributed by atoms with Crippen LogP contribution in [0.4, 0.5) is 4.39 Å². The number of hydrogen-bond donors (Lipinski definition) is 0. The van der Waals surface area contributed by atoms with E-state index in [1.165, 1.54) is 15.2 Å². The molecule has 4 aromatic rings. The SMILES string of the molecule is Cc1cn2c3c(=O)n(CCC(C)C)c(=O)n(C)c3nc2n1-c1ccccc1F. The molecule has 0 aliphatic rings. The summed E-state index contributed by atoms with van der Waals surface area (Å²) in [7, 11) is 1.60. The molecule has 0 saturated carbocycles. The highest BCUT2D eigenvalue weighted by Gasteiger charge is 2.21. The zero-order chi connectivity index (χ0) is 20.2. The molecule has 28 heavy (non-hydrogen) atoms. The van der Waals surface area contributed by atoms with Gasteiger partial charge in [-0.1, -0.05) is 26.0 Å². The highest BCUT2D eigenvalue weighted by molar-refractivity contribution is 5.76. The molecular weight excluding hydrogens is 361 g/mol. The van der Waals surface area contributed by atoms with E-state index < -0.39 is 5.69 Å². The first-order valence-corrected chi connectivity index (χ1v) is 9.26. The summed E-state index contributed by atoms with van der Waals surface area (Å²) in [5.74, 6) is 0.368. The van der Waals surface area contributed by atoms with Crippen LogP contribution in [0.2, 0.25) is 0 Å². The van der Waals surface area contributed by atoms with Gasteiger partial charge in [0.2, 0.25) is 5.78 Å². The van der Waals surface area contributed by atoms with Crippen LogP contribution < -0.4 is 11.2 Å². The van der Waals surface area contributed by atoms with Crippen molar-refractivity contribution in [1.82, 2.24) is 23.1 Å². The van der Waals surface area contributed by atoms with Crippen LogP contribution >= 0.6 is 0 Å². The summed E-state index contributed by atoms with van der Waals surface area (Å²) >= 11 is 0. The van der Waals surface area contributed by atoms with Gasteiger partial charge in [0.05, 0.1) is 5.69 Å². The van der Waals surface area contributed by atoms with Crippen molar-refractivity contribution < 1.29 is 4.39 Å². The lowest BCUT2D eigenvalue weighted by Gasteiger charge is -2.09. The molecule has 7 nitrogen and oxygen atoms in total. The molecular formula is C20H22FN5O2. The maximum absolute atomic E-state index is 14.4. The maximum Gasteiger partial charge on any atom is 0.332 e. The Morgan fingerprint density at radius 3 is 2.57 bits per heavy atom. The summed E-state index contributed by atoms with van der Waals surface area (Å²) in [5, 5.41) is 0. The smallest absolute Gasteiger partial charge is 0.280 e. The van der Waals surface area contributed by atoms with Gasteiger partial charge in [-0.25, -0.2) is 9.18 Å². The van der Waals surface area contributed by atoms with Crippen molar-refractivity contribution >= 4 is 16.9 Å². The predicted octanol–water partition coefficient (Wildman–Crippen LogP) is 2.63. The zero-order valence-electron chi connectivity index (χ0n) is 16.3. The molecule has 0 spiro atoms. The molecule has 0 aliphatic heterocycles. The van der Waals surface area contributed by atoms with E-state index in [2.05, 4.69) is 4.98 Å². The number of imidazole rings is 2. The number of aromatic nitrogens is 5. The number of benzene rings is 1. The second-order valence-electron chi connectivity index (χ2n) is 7.49. The van der Waals surface area contributed by atoms with Crippen molar-refractivity contribution in [2.24, 2.45) is 13.0 Å². The Morgan fingerprint density at radius 2 is 1.89 bits per heavy atom. The number of halogens is 1. The first kappa shape index (κ1) is 18.2. The lowest BCUT2D eigenvalue weighted by atomic mass is 10.1. The normalized spacial score (nSPS) is 11.9. The van der Waals surface area contributed by atoms with Crippen molar-refractivity contribution in [3.8, 4) is 5.69 Å². The Labute approximate surface area is 160 Å². The Balaban J connectivity index is 2.07. The van der Waals surface area contributed by atoms with Gasteiger partial charge in [0.15, 0.2) is 11.2 Å². The largest absolute Gasteiger partial charge is 0.332 e. The second-order valence-corrected chi connectivity index (χ2v) is 7.49. The van der Waals surface area contributed by atoms with Crippen LogP contribution in [-0.4, -0.2) is 23.1 Å². The van der Waals surface area contributed by atoms with Crippen LogP contribution in [0.3, 0.4) is 0 Å². The van der Waals surface area contributed by atoms with Gasteiger partial charge in [0, 0.05) is 25.5 Å². The molecule has 3 heterocycles. The van der Waals surface area contributed by atoms with Gasteiger partial charge in [-0.05, 0) is 31.4 Å². The predicted molar refractivity (Wildman–Crippen MR) is 106 cm³/mol. The summed E-state index contributed by atoms with van der Waals surface area (Å²) in [6.45, 7) is 6.26. The molecule has 8 heteroatoms. The molecule has 0 bridgehead atoms. The third-order valence-electron chi connectivity index (χ3n) is 5.05. The second kappa shape index (κ2) is 6.47. The summed E-state index contributed by atoms with van der Waals surface area (Å²) in [6, 6.07) is 6.39. The standard InChI is InChI=1S/C20H22FN5O2/c1-12(2)9-10-24-18(27)16-17(23(4)20(24)28)22-19-25(16)11-13(3)26(19)15-8-6-5-7-14(15)21/h5-8,11-12H,9-10H2,1-4H3. The summed E-state index contributed by atoms with van der Waals surface area (Å²) in [4.78, 5) is 30.3. The lowest BCUT2D eigenvalue weighted by Crippen LogP contribution is -2.39. The van der Waals surface area contributed by atoms with Crippen LogP contribution in [0, 0.1) is 18.7 Å². The van der Waals surface area contributed by atoms with E-state index >= 15 is 0 Å². The quantitative estimate of drug-likeness (QED) is 0.544. The maximum atomic E-state index is 14.4. The molecule has 0 N–H and O–H groups in total. The average molecular weight is 383 g/mol. The van der Waals surface area contributed by atoms with Crippen LogP contribution in [-0.2, 0) is 13.6 Å². The first-order valence-electron chi connectivity index (χ1n) is 9.26. The van der Waals surface area contributed by atoms with Gasteiger partial charge in [0.25, 0.3) is 5.56 Å². The monoisotopic (exact) mass is 383 g/mol. The number of para-hydroxylation sites is 1. The van der Waals surface area contributed by atoms with E-state index in [-0.39, 0.29) is 17.0 Å². The van der Waals surface area contributed by atoms with Crippen LogP contribution in [0.15, 0.2) is 40.1 Å². The molecule has 3 aromatic heterocycles. The minimum Gasteiger partial charge on any atom is -0.280 e. The minimum atomic E-state index is -0.395. The highest BCUT2D eigenvalue weighted by Crippen LogP contribution is 2.22. The molecule has 0 saturated heterocycles. The zero-order valence-corrected chi connectivity index (χ0v) is 16.3. The first-order chi connectivity index (χ1) is 13.3. The molecule has 0 radical (unpaired) electrons. The lowest BCUT2D eigenvalue weighted by molar-refractivity contribution is 0.488. The van der Waals surface area contributed by atoms with Gasteiger partial charge >= 0.3 is 5.69 Å².